The monoisotopic (exact) mass is 308 g/mol. The maximum Gasteiger partial charge on any atom is 0.227 e. The van der Waals surface area contributed by atoms with Gasteiger partial charge >= 0.3 is 0 Å². The minimum Gasteiger partial charge on any atom is -0.496 e. The molecule has 0 aliphatic carbocycles. The molecule has 1 aliphatic heterocycles. The number of hydrogen-bond donors (Lipinski definition) is 0. The lowest BCUT2D eigenvalue weighted by Gasteiger charge is -2.22. The summed E-state index contributed by atoms with van der Waals surface area (Å²) in [4.78, 5) is 27.3. The highest BCUT2D eigenvalue weighted by Crippen LogP contribution is 2.20. The maximum atomic E-state index is 13.4. The molecule has 6 heteroatoms. The minimum atomic E-state index is -0.387. The molecule has 2 amide bonds. The van der Waals surface area contributed by atoms with Gasteiger partial charge in [-0.1, -0.05) is 0 Å². The Morgan fingerprint density at radius 1 is 1.18 bits per heavy atom. The number of rotatable bonds is 3. The van der Waals surface area contributed by atoms with E-state index in [9.17, 15) is 14.0 Å². The van der Waals surface area contributed by atoms with E-state index in [-0.39, 0.29) is 24.1 Å². The number of ether oxygens (including phenoxy) is 1. The molecule has 0 aromatic heterocycles. The van der Waals surface area contributed by atoms with Gasteiger partial charge in [0.15, 0.2) is 0 Å². The number of benzene rings is 1. The van der Waals surface area contributed by atoms with Crippen LogP contribution in [0.4, 0.5) is 4.39 Å². The van der Waals surface area contributed by atoms with Crippen molar-refractivity contribution in [1.29, 1.82) is 0 Å². The first-order valence-corrected chi connectivity index (χ1v) is 7.37. The molecule has 5 nitrogen and oxygen atoms in total. The Morgan fingerprint density at radius 2 is 1.86 bits per heavy atom. The van der Waals surface area contributed by atoms with E-state index < -0.39 is 0 Å². The van der Waals surface area contributed by atoms with Crippen molar-refractivity contribution >= 4 is 11.8 Å². The lowest BCUT2D eigenvalue weighted by molar-refractivity contribution is -0.132. The smallest absolute Gasteiger partial charge is 0.227 e. The van der Waals surface area contributed by atoms with E-state index in [1.165, 1.54) is 32.2 Å². The maximum absolute atomic E-state index is 13.4. The fraction of sp³-hybridized carbons (Fsp3) is 0.500. The van der Waals surface area contributed by atoms with Crippen LogP contribution >= 0.6 is 0 Å². The van der Waals surface area contributed by atoms with Crippen molar-refractivity contribution in [3.8, 4) is 5.75 Å². The van der Waals surface area contributed by atoms with Crippen LogP contribution in [0.1, 0.15) is 18.9 Å². The molecule has 1 aromatic rings. The van der Waals surface area contributed by atoms with E-state index in [1.807, 2.05) is 0 Å². The highest BCUT2D eigenvalue weighted by atomic mass is 19.1. The average Bonchev–Trinajstić information content (AvgIpc) is 2.73. The van der Waals surface area contributed by atoms with Gasteiger partial charge in [0.1, 0.15) is 11.6 Å². The standard InChI is InChI=1S/C16H21FN2O3/c1-12(20)18-6-3-7-19(9-8-18)16(21)11-13-10-14(17)4-5-15(13)22-2/h4-5,10H,3,6-9,11H2,1-2H3. The number of nitrogens with zero attached hydrogens (tertiary/aromatic N) is 2. The number of halogens is 1. The lowest BCUT2D eigenvalue weighted by Crippen LogP contribution is -2.37. The Kier molecular flexibility index (Phi) is 5.35. The van der Waals surface area contributed by atoms with Gasteiger partial charge in [0.05, 0.1) is 13.5 Å². The molecule has 1 saturated heterocycles. The zero-order valence-electron chi connectivity index (χ0n) is 13.0. The summed E-state index contributed by atoms with van der Waals surface area (Å²) in [6.07, 6.45) is 0.854. The Bertz CT molecular complexity index is 562. The van der Waals surface area contributed by atoms with Crippen LogP contribution in [0.2, 0.25) is 0 Å². The Hall–Kier alpha value is -2.11. The Morgan fingerprint density at radius 3 is 2.55 bits per heavy atom. The lowest BCUT2D eigenvalue weighted by atomic mass is 10.1. The molecular formula is C16H21FN2O3. The number of hydrogen-bond acceptors (Lipinski definition) is 3. The van der Waals surface area contributed by atoms with Gasteiger partial charge in [-0.25, -0.2) is 4.39 Å². The first kappa shape index (κ1) is 16.3. The van der Waals surface area contributed by atoms with Gasteiger partial charge in [-0.3, -0.25) is 9.59 Å². The van der Waals surface area contributed by atoms with E-state index >= 15 is 0 Å². The van der Waals surface area contributed by atoms with Crippen molar-refractivity contribution in [2.24, 2.45) is 0 Å². The van der Waals surface area contributed by atoms with Crippen molar-refractivity contribution < 1.29 is 18.7 Å². The SMILES string of the molecule is COc1ccc(F)cc1CC(=O)N1CCCN(C(C)=O)CC1. The normalized spacial score (nSPS) is 15.4. The van der Waals surface area contributed by atoms with Crippen molar-refractivity contribution in [1.82, 2.24) is 9.80 Å². The van der Waals surface area contributed by atoms with Gasteiger partial charge in [-0.2, -0.15) is 0 Å². The molecule has 0 saturated carbocycles. The fourth-order valence-corrected chi connectivity index (χ4v) is 2.64. The van der Waals surface area contributed by atoms with Gasteiger partial charge in [-0.15, -0.1) is 0 Å². The third kappa shape index (κ3) is 3.96. The third-order valence-corrected chi connectivity index (χ3v) is 3.88. The summed E-state index contributed by atoms with van der Waals surface area (Å²) in [6.45, 7) is 3.87. The Labute approximate surface area is 129 Å². The van der Waals surface area contributed by atoms with E-state index in [4.69, 9.17) is 4.74 Å². The van der Waals surface area contributed by atoms with Crippen LogP contribution in [-0.4, -0.2) is 54.9 Å². The second-order valence-electron chi connectivity index (χ2n) is 5.37. The number of methoxy groups -OCH3 is 1. The molecule has 1 aromatic carbocycles. The predicted octanol–water partition coefficient (Wildman–Crippen LogP) is 1.46. The highest BCUT2D eigenvalue weighted by molar-refractivity contribution is 5.80. The van der Waals surface area contributed by atoms with Crippen LogP contribution in [0.5, 0.6) is 5.75 Å². The summed E-state index contributed by atoms with van der Waals surface area (Å²) in [5, 5.41) is 0. The first-order chi connectivity index (χ1) is 10.5. The molecule has 0 bridgehead atoms. The average molecular weight is 308 g/mol. The zero-order chi connectivity index (χ0) is 16.1. The molecule has 0 unspecified atom stereocenters. The molecule has 1 aliphatic rings. The molecular weight excluding hydrogens is 287 g/mol. The molecule has 0 radical (unpaired) electrons. The van der Waals surface area contributed by atoms with Gasteiger partial charge in [0.2, 0.25) is 11.8 Å². The minimum absolute atomic E-state index is 0.0288. The Balaban J connectivity index is 2.03. The van der Waals surface area contributed by atoms with Crippen molar-refractivity contribution in [2.45, 2.75) is 19.8 Å². The van der Waals surface area contributed by atoms with E-state index in [1.54, 1.807) is 9.80 Å². The molecule has 1 heterocycles. The summed E-state index contributed by atoms with van der Waals surface area (Å²) >= 11 is 0. The molecule has 2 rings (SSSR count). The van der Waals surface area contributed by atoms with Crippen molar-refractivity contribution in [3.05, 3.63) is 29.6 Å². The molecule has 0 atom stereocenters. The van der Waals surface area contributed by atoms with Gasteiger partial charge in [0, 0.05) is 38.7 Å². The van der Waals surface area contributed by atoms with Gasteiger partial charge in [-0.05, 0) is 24.6 Å². The van der Waals surface area contributed by atoms with Crippen LogP contribution in [0.15, 0.2) is 18.2 Å². The number of amides is 2. The van der Waals surface area contributed by atoms with Crippen LogP contribution in [0.25, 0.3) is 0 Å². The van der Waals surface area contributed by atoms with Crippen LogP contribution in [0.3, 0.4) is 0 Å². The summed E-state index contributed by atoms with van der Waals surface area (Å²) in [5.74, 6) is 0.0764. The molecule has 0 spiro atoms. The van der Waals surface area contributed by atoms with E-state index in [0.29, 0.717) is 37.5 Å². The quantitative estimate of drug-likeness (QED) is 0.849. The van der Waals surface area contributed by atoms with Crippen molar-refractivity contribution in [3.63, 3.8) is 0 Å². The molecule has 1 fully saturated rings. The predicted molar refractivity (Wildman–Crippen MR) is 80.1 cm³/mol. The molecule has 120 valence electrons. The molecule has 22 heavy (non-hydrogen) atoms. The van der Waals surface area contributed by atoms with Crippen LogP contribution in [-0.2, 0) is 16.0 Å². The largest absolute Gasteiger partial charge is 0.496 e. The second kappa shape index (κ2) is 7.24. The van der Waals surface area contributed by atoms with E-state index in [2.05, 4.69) is 0 Å². The summed E-state index contributed by atoms with van der Waals surface area (Å²) in [7, 11) is 1.50. The summed E-state index contributed by atoms with van der Waals surface area (Å²) in [6, 6.07) is 4.16. The van der Waals surface area contributed by atoms with Crippen LogP contribution < -0.4 is 4.74 Å². The number of carbonyl (C=O) groups is 2. The van der Waals surface area contributed by atoms with Crippen LogP contribution in [0, 0.1) is 5.82 Å². The first-order valence-electron chi connectivity index (χ1n) is 7.37. The topological polar surface area (TPSA) is 49.9 Å². The fourth-order valence-electron chi connectivity index (χ4n) is 2.64. The summed E-state index contributed by atoms with van der Waals surface area (Å²) < 4.78 is 18.5. The van der Waals surface area contributed by atoms with Crippen molar-refractivity contribution in [2.75, 3.05) is 33.3 Å². The van der Waals surface area contributed by atoms with Gasteiger partial charge < -0.3 is 14.5 Å². The number of carbonyl (C=O) groups excluding carboxylic acids is 2. The zero-order valence-corrected chi connectivity index (χ0v) is 13.0. The molecule has 0 N–H and O–H groups in total. The second-order valence-corrected chi connectivity index (χ2v) is 5.37. The van der Waals surface area contributed by atoms with Gasteiger partial charge in [0.25, 0.3) is 0 Å². The highest BCUT2D eigenvalue weighted by Gasteiger charge is 2.21. The third-order valence-electron chi connectivity index (χ3n) is 3.88. The van der Waals surface area contributed by atoms with E-state index in [0.717, 1.165) is 6.42 Å². The summed E-state index contributed by atoms with van der Waals surface area (Å²) in [5.41, 5.74) is 0.542.